The lowest BCUT2D eigenvalue weighted by atomic mass is 9.86. The summed E-state index contributed by atoms with van der Waals surface area (Å²) in [5, 5.41) is 15.8. The van der Waals surface area contributed by atoms with Crippen LogP contribution in [0.1, 0.15) is 18.4 Å². The van der Waals surface area contributed by atoms with Crippen molar-refractivity contribution in [2.75, 3.05) is 44.6 Å². The number of nitrogens with one attached hydrogen (secondary N) is 2. The first kappa shape index (κ1) is 14.4. The summed E-state index contributed by atoms with van der Waals surface area (Å²) in [6, 6.07) is 9.83. The molecule has 21 heavy (non-hydrogen) atoms. The minimum absolute atomic E-state index is 0.717. The second-order valence-electron chi connectivity index (χ2n) is 6.36. The van der Waals surface area contributed by atoms with E-state index >= 15 is 0 Å². The number of nitrogens with zero attached hydrogens (tertiary/aromatic N) is 2. The first-order valence-electron chi connectivity index (χ1n) is 8.00. The van der Waals surface area contributed by atoms with Gasteiger partial charge < -0.3 is 15.5 Å². The topological polar surface area (TPSA) is 51.1 Å². The van der Waals surface area contributed by atoms with Gasteiger partial charge >= 0.3 is 0 Å². The lowest BCUT2D eigenvalue weighted by Crippen LogP contribution is -2.51. The Morgan fingerprint density at radius 2 is 1.90 bits per heavy atom. The highest BCUT2D eigenvalue weighted by atomic mass is 15.2. The van der Waals surface area contributed by atoms with Crippen molar-refractivity contribution >= 4 is 5.69 Å². The normalized spacial score (nSPS) is 25.3. The van der Waals surface area contributed by atoms with Crippen LogP contribution in [-0.2, 0) is 0 Å². The van der Waals surface area contributed by atoms with Crippen LogP contribution in [0.3, 0.4) is 0 Å². The lowest BCUT2D eigenvalue weighted by Gasteiger charge is -2.41. The van der Waals surface area contributed by atoms with Crippen molar-refractivity contribution in [1.29, 1.82) is 5.26 Å². The van der Waals surface area contributed by atoms with E-state index in [0.29, 0.717) is 5.56 Å². The number of fused-ring (bicyclic) bond motifs is 2. The molecule has 0 aromatic heterocycles. The van der Waals surface area contributed by atoms with Gasteiger partial charge in [0.05, 0.1) is 11.6 Å². The highest BCUT2D eigenvalue weighted by Gasteiger charge is 2.29. The number of nitriles is 1. The summed E-state index contributed by atoms with van der Waals surface area (Å²) in [5.74, 6) is 1.73. The first-order valence-corrected chi connectivity index (χ1v) is 8.00. The Kier molecular flexibility index (Phi) is 4.74. The third-order valence-corrected chi connectivity index (χ3v) is 4.56. The van der Waals surface area contributed by atoms with Crippen molar-refractivity contribution in [3.8, 4) is 6.07 Å². The fourth-order valence-corrected chi connectivity index (χ4v) is 3.59. The van der Waals surface area contributed by atoms with Crippen molar-refractivity contribution in [3.63, 3.8) is 0 Å². The summed E-state index contributed by atoms with van der Waals surface area (Å²) in [4.78, 5) is 2.64. The molecule has 0 aliphatic carbocycles. The van der Waals surface area contributed by atoms with E-state index in [1.165, 1.54) is 45.6 Å². The van der Waals surface area contributed by atoms with Crippen LogP contribution >= 0.6 is 0 Å². The zero-order chi connectivity index (χ0) is 14.5. The summed E-state index contributed by atoms with van der Waals surface area (Å²) < 4.78 is 0. The van der Waals surface area contributed by atoms with E-state index in [4.69, 9.17) is 5.26 Å². The van der Waals surface area contributed by atoms with Crippen molar-refractivity contribution in [2.45, 2.75) is 12.8 Å². The van der Waals surface area contributed by atoms with Crippen LogP contribution in [0.15, 0.2) is 24.3 Å². The summed E-state index contributed by atoms with van der Waals surface area (Å²) in [5.41, 5.74) is 1.82. The molecule has 4 heteroatoms. The van der Waals surface area contributed by atoms with Crippen LogP contribution < -0.4 is 10.6 Å². The predicted octanol–water partition coefficient (Wildman–Crippen LogP) is 1.90. The molecule has 2 atom stereocenters. The Morgan fingerprint density at radius 1 is 1.19 bits per heavy atom. The maximum atomic E-state index is 8.77. The predicted molar refractivity (Wildman–Crippen MR) is 85.2 cm³/mol. The van der Waals surface area contributed by atoms with E-state index < -0.39 is 0 Å². The maximum Gasteiger partial charge on any atom is 0.0991 e. The van der Waals surface area contributed by atoms with E-state index in [9.17, 15) is 0 Å². The fraction of sp³-hybridized carbons (Fsp3) is 0.588. The molecule has 1 aromatic carbocycles. The van der Waals surface area contributed by atoms with Crippen molar-refractivity contribution < 1.29 is 0 Å². The van der Waals surface area contributed by atoms with Gasteiger partial charge in [-0.15, -0.1) is 0 Å². The minimum atomic E-state index is 0.717. The second-order valence-corrected chi connectivity index (χ2v) is 6.36. The van der Waals surface area contributed by atoms with Gasteiger partial charge in [-0.1, -0.05) is 0 Å². The Hall–Kier alpha value is -1.57. The molecule has 4 nitrogen and oxygen atoms in total. The summed E-state index contributed by atoms with van der Waals surface area (Å²) >= 11 is 0. The van der Waals surface area contributed by atoms with Crippen LogP contribution in [0.2, 0.25) is 0 Å². The molecule has 2 aliphatic rings. The molecule has 2 heterocycles. The van der Waals surface area contributed by atoms with Gasteiger partial charge in [-0.25, -0.2) is 0 Å². The number of hydrogen-bond donors (Lipinski definition) is 2. The molecule has 2 N–H and O–H groups in total. The molecule has 2 fully saturated rings. The number of hydrogen-bond acceptors (Lipinski definition) is 4. The second kappa shape index (κ2) is 6.93. The molecule has 2 unspecified atom stereocenters. The minimum Gasteiger partial charge on any atom is -0.385 e. The Labute approximate surface area is 127 Å². The molecule has 0 spiro atoms. The Bertz CT molecular complexity index is 479. The quantitative estimate of drug-likeness (QED) is 0.811. The molecule has 2 aliphatic heterocycles. The van der Waals surface area contributed by atoms with E-state index in [-0.39, 0.29) is 0 Å². The monoisotopic (exact) mass is 284 g/mol. The van der Waals surface area contributed by atoms with Crippen molar-refractivity contribution in [2.24, 2.45) is 11.8 Å². The van der Waals surface area contributed by atoms with E-state index in [2.05, 4.69) is 21.6 Å². The standard InChI is InChI=1S/C17H24N4/c18-9-14-2-4-17(5-3-14)20-6-1-7-21-12-15-8-16(13-21)11-19-10-15/h2-5,15-16,19-20H,1,6-8,10-13H2. The largest absolute Gasteiger partial charge is 0.385 e. The molecule has 0 radical (unpaired) electrons. The molecular formula is C17H24N4. The maximum absolute atomic E-state index is 8.77. The molecule has 0 saturated carbocycles. The summed E-state index contributed by atoms with van der Waals surface area (Å²) in [6.45, 7) is 7.12. The average Bonchev–Trinajstić information content (AvgIpc) is 2.52. The van der Waals surface area contributed by atoms with Crippen molar-refractivity contribution in [3.05, 3.63) is 29.8 Å². The van der Waals surface area contributed by atoms with Crippen LogP contribution in [0, 0.1) is 23.2 Å². The van der Waals surface area contributed by atoms with Crippen LogP contribution in [-0.4, -0.2) is 44.2 Å². The van der Waals surface area contributed by atoms with Gasteiger partial charge in [0, 0.05) is 25.3 Å². The molecular weight excluding hydrogens is 260 g/mol. The molecule has 3 rings (SSSR count). The highest BCUT2D eigenvalue weighted by molar-refractivity contribution is 5.46. The van der Waals surface area contributed by atoms with E-state index in [1.807, 2.05) is 24.3 Å². The highest BCUT2D eigenvalue weighted by Crippen LogP contribution is 2.24. The third-order valence-electron chi connectivity index (χ3n) is 4.56. The molecule has 0 amide bonds. The van der Waals surface area contributed by atoms with Crippen LogP contribution in [0.25, 0.3) is 0 Å². The van der Waals surface area contributed by atoms with Gasteiger partial charge in [-0.3, -0.25) is 0 Å². The summed E-state index contributed by atoms with van der Waals surface area (Å²) in [6.07, 6.45) is 2.60. The van der Waals surface area contributed by atoms with E-state index in [1.54, 1.807) is 0 Å². The number of anilines is 1. The molecule has 1 aromatic rings. The van der Waals surface area contributed by atoms with Crippen LogP contribution in [0.5, 0.6) is 0 Å². The Morgan fingerprint density at radius 3 is 2.57 bits per heavy atom. The van der Waals surface area contributed by atoms with Crippen molar-refractivity contribution in [1.82, 2.24) is 10.2 Å². The Balaban J connectivity index is 1.37. The average molecular weight is 284 g/mol. The zero-order valence-corrected chi connectivity index (χ0v) is 12.5. The fourth-order valence-electron chi connectivity index (χ4n) is 3.59. The number of likely N-dealkylation sites (tertiary alicyclic amines) is 1. The molecule has 2 bridgehead atoms. The van der Waals surface area contributed by atoms with Gasteiger partial charge in [0.1, 0.15) is 0 Å². The molecule has 112 valence electrons. The number of piperidine rings is 2. The molecule has 2 saturated heterocycles. The first-order chi connectivity index (χ1) is 10.3. The van der Waals surface area contributed by atoms with Crippen LogP contribution in [0.4, 0.5) is 5.69 Å². The zero-order valence-electron chi connectivity index (χ0n) is 12.5. The third kappa shape index (κ3) is 3.96. The van der Waals surface area contributed by atoms with Gasteiger partial charge in [0.25, 0.3) is 0 Å². The van der Waals surface area contributed by atoms with Gasteiger partial charge in [-0.2, -0.15) is 5.26 Å². The lowest BCUT2D eigenvalue weighted by molar-refractivity contribution is 0.0972. The number of rotatable bonds is 5. The van der Waals surface area contributed by atoms with E-state index in [0.717, 1.165) is 24.1 Å². The SMILES string of the molecule is N#Cc1ccc(NCCCN2CC3CNCC(C3)C2)cc1. The van der Waals surface area contributed by atoms with Gasteiger partial charge in [0.2, 0.25) is 0 Å². The number of benzene rings is 1. The van der Waals surface area contributed by atoms with Gasteiger partial charge in [-0.05, 0) is 68.6 Å². The van der Waals surface area contributed by atoms with Gasteiger partial charge in [0.15, 0.2) is 0 Å². The smallest absolute Gasteiger partial charge is 0.0991 e. The summed E-state index contributed by atoms with van der Waals surface area (Å²) in [7, 11) is 0.